The molecule has 26 heavy (non-hydrogen) atoms. The standard InChI is InChI=1S/C18H29N5O3/c1-21-10-13(17(25)22(2)18(21)26)11-23(15-7-8-19-9-15)12-16(24)20-14-5-3-4-6-14/h10,14-15,19H,3-9,11-12H2,1-2H3,(H,20,24)/t15-/m0/s1. The van der Waals surface area contributed by atoms with Gasteiger partial charge in [-0.3, -0.25) is 19.1 Å². The van der Waals surface area contributed by atoms with Gasteiger partial charge in [-0.15, -0.1) is 0 Å². The van der Waals surface area contributed by atoms with Crippen molar-refractivity contribution in [3.05, 3.63) is 32.6 Å². The van der Waals surface area contributed by atoms with Crippen LogP contribution in [0.2, 0.25) is 0 Å². The molecule has 0 spiro atoms. The van der Waals surface area contributed by atoms with Crippen molar-refractivity contribution >= 4 is 5.91 Å². The Morgan fingerprint density at radius 2 is 2.00 bits per heavy atom. The summed E-state index contributed by atoms with van der Waals surface area (Å²) in [4.78, 5) is 38.9. The highest BCUT2D eigenvalue weighted by molar-refractivity contribution is 5.78. The molecule has 2 fully saturated rings. The molecule has 1 aliphatic heterocycles. The molecule has 1 aromatic heterocycles. The number of nitrogens with one attached hydrogen (secondary N) is 2. The summed E-state index contributed by atoms with van der Waals surface area (Å²) in [5, 5.41) is 6.45. The minimum absolute atomic E-state index is 0.0189. The van der Waals surface area contributed by atoms with Crippen molar-refractivity contribution in [1.82, 2.24) is 24.7 Å². The lowest BCUT2D eigenvalue weighted by Gasteiger charge is -2.28. The van der Waals surface area contributed by atoms with Crippen LogP contribution in [0.25, 0.3) is 0 Å². The van der Waals surface area contributed by atoms with Crippen LogP contribution in [0, 0.1) is 0 Å². The number of carbonyl (C=O) groups excluding carboxylic acids is 1. The van der Waals surface area contributed by atoms with E-state index in [0.29, 0.717) is 12.1 Å². The van der Waals surface area contributed by atoms with Gasteiger partial charge in [0, 0.05) is 51.0 Å². The van der Waals surface area contributed by atoms with Crippen LogP contribution in [0.5, 0.6) is 0 Å². The van der Waals surface area contributed by atoms with Gasteiger partial charge in [0.05, 0.1) is 6.54 Å². The predicted octanol–water partition coefficient (Wildman–Crippen LogP) is -0.693. The van der Waals surface area contributed by atoms with E-state index in [1.165, 1.54) is 24.5 Å². The second-order valence-corrected chi connectivity index (χ2v) is 7.51. The maximum atomic E-state index is 12.5. The molecule has 2 aliphatic rings. The average molecular weight is 363 g/mol. The van der Waals surface area contributed by atoms with Crippen molar-refractivity contribution in [3.8, 4) is 0 Å². The summed E-state index contributed by atoms with van der Waals surface area (Å²) in [5.74, 6) is 0.0189. The zero-order valence-corrected chi connectivity index (χ0v) is 15.7. The van der Waals surface area contributed by atoms with Crippen molar-refractivity contribution in [1.29, 1.82) is 0 Å². The Morgan fingerprint density at radius 1 is 1.27 bits per heavy atom. The molecule has 1 aromatic rings. The van der Waals surface area contributed by atoms with Crippen molar-refractivity contribution in [2.45, 2.75) is 50.7 Å². The lowest BCUT2D eigenvalue weighted by molar-refractivity contribution is -0.123. The van der Waals surface area contributed by atoms with E-state index in [1.54, 1.807) is 13.2 Å². The van der Waals surface area contributed by atoms with Crippen molar-refractivity contribution < 1.29 is 4.79 Å². The van der Waals surface area contributed by atoms with Crippen molar-refractivity contribution in [3.63, 3.8) is 0 Å². The molecule has 1 aliphatic carbocycles. The summed E-state index contributed by atoms with van der Waals surface area (Å²) in [6.45, 7) is 2.36. The molecule has 8 heteroatoms. The van der Waals surface area contributed by atoms with Gasteiger partial charge in [0.15, 0.2) is 0 Å². The smallest absolute Gasteiger partial charge is 0.330 e. The molecule has 0 radical (unpaired) electrons. The molecule has 2 heterocycles. The van der Waals surface area contributed by atoms with Gasteiger partial charge < -0.3 is 15.2 Å². The van der Waals surface area contributed by atoms with E-state index < -0.39 is 0 Å². The molecule has 0 aromatic carbocycles. The number of carbonyl (C=O) groups is 1. The topological polar surface area (TPSA) is 88.4 Å². The molecule has 1 atom stereocenters. The van der Waals surface area contributed by atoms with Gasteiger partial charge in [-0.05, 0) is 25.8 Å². The molecule has 144 valence electrons. The fourth-order valence-corrected chi connectivity index (χ4v) is 4.00. The number of aromatic nitrogens is 2. The highest BCUT2D eigenvalue weighted by Crippen LogP contribution is 2.18. The zero-order valence-electron chi connectivity index (χ0n) is 15.7. The number of nitrogens with zero attached hydrogens (tertiary/aromatic N) is 3. The van der Waals surface area contributed by atoms with Crippen molar-refractivity contribution in [2.24, 2.45) is 14.1 Å². The molecular formula is C18H29N5O3. The molecule has 2 N–H and O–H groups in total. The fourth-order valence-electron chi connectivity index (χ4n) is 4.00. The highest BCUT2D eigenvalue weighted by atomic mass is 16.2. The first-order valence-electron chi connectivity index (χ1n) is 9.45. The third-order valence-corrected chi connectivity index (χ3v) is 5.51. The van der Waals surface area contributed by atoms with Crippen LogP contribution < -0.4 is 21.9 Å². The lowest BCUT2D eigenvalue weighted by atomic mass is 10.2. The summed E-state index contributed by atoms with van der Waals surface area (Å²) >= 11 is 0. The summed E-state index contributed by atoms with van der Waals surface area (Å²) in [5.41, 5.74) is -0.0952. The molecule has 8 nitrogen and oxygen atoms in total. The second kappa shape index (κ2) is 8.18. The summed E-state index contributed by atoms with van der Waals surface area (Å²) in [7, 11) is 3.13. The predicted molar refractivity (Wildman–Crippen MR) is 99.0 cm³/mol. The first-order valence-corrected chi connectivity index (χ1v) is 9.45. The Bertz CT molecular complexity index is 757. The zero-order chi connectivity index (χ0) is 18.7. The van der Waals surface area contributed by atoms with Gasteiger partial charge in [0.2, 0.25) is 5.91 Å². The number of amides is 1. The number of hydrogen-bond acceptors (Lipinski definition) is 5. The molecule has 0 bridgehead atoms. The molecule has 1 saturated carbocycles. The van der Waals surface area contributed by atoms with Gasteiger partial charge in [-0.1, -0.05) is 12.8 Å². The maximum Gasteiger partial charge on any atom is 0.330 e. The number of rotatable bonds is 6. The van der Waals surface area contributed by atoms with Crippen LogP contribution in [0.15, 0.2) is 15.8 Å². The van der Waals surface area contributed by atoms with Gasteiger partial charge in [-0.2, -0.15) is 0 Å². The van der Waals surface area contributed by atoms with Crippen LogP contribution in [0.1, 0.15) is 37.7 Å². The van der Waals surface area contributed by atoms with Crippen LogP contribution in [0.3, 0.4) is 0 Å². The maximum absolute atomic E-state index is 12.5. The third-order valence-electron chi connectivity index (χ3n) is 5.51. The van der Waals surface area contributed by atoms with Crippen LogP contribution in [0.4, 0.5) is 0 Å². The molecule has 3 rings (SSSR count). The van der Waals surface area contributed by atoms with Crippen LogP contribution in [-0.4, -0.2) is 51.7 Å². The third kappa shape index (κ3) is 4.24. The summed E-state index contributed by atoms with van der Waals surface area (Å²) in [6.07, 6.45) is 7.00. The van der Waals surface area contributed by atoms with Gasteiger partial charge in [0.25, 0.3) is 5.56 Å². The Balaban J connectivity index is 1.75. The summed E-state index contributed by atoms with van der Waals surface area (Å²) in [6, 6.07) is 0.503. The van der Waals surface area contributed by atoms with Gasteiger partial charge in [-0.25, -0.2) is 4.79 Å². The molecule has 0 unspecified atom stereocenters. The van der Waals surface area contributed by atoms with E-state index in [2.05, 4.69) is 15.5 Å². The van der Waals surface area contributed by atoms with Gasteiger partial charge in [0.1, 0.15) is 0 Å². The average Bonchev–Trinajstić information content (AvgIpc) is 3.30. The fraction of sp³-hybridized carbons (Fsp3) is 0.722. The molecule has 1 saturated heterocycles. The van der Waals surface area contributed by atoms with Crippen LogP contribution in [-0.2, 0) is 25.4 Å². The lowest BCUT2D eigenvalue weighted by Crippen LogP contribution is -2.47. The van der Waals surface area contributed by atoms with Crippen molar-refractivity contribution in [2.75, 3.05) is 19.6 Å². The first-order chi connectivity index (χ1) is 12.5. The Labute approximate surface area is 153 Å². The van der Waals surface area contributed by atoms with E-state index in [0.717, 1.165) is 36.9 Å². The monoisotopic (exact) mass is 363 g/mol. The number of aryl methyl sites for hydroxylation is 1. The molecular weight excluding hydrogens is 334 g/mol. The first kappa shape index (κ1) is 18.8. The van der Waals surface area contributed by atoms with Gasteiger partial charge >= 0.3 is 5.69 Å². The minimum Gasteiger partial charge on any atom is -0.352 e. The van der Waals surface area contributed by atoms with E-state index in [4.69, 9.17) is 0 Å². The largest absolute Gasteiger partial charge is 0.352 e. The summed E-state index contributed by atoms with van der Waals surface area (Å²) < 4.78 is 2.54. The molecule has 1 amide bonds. The Kier molecular flexibility index (Phi) is 5.93. The van der Waals surface area contributed by atoms with E-state index >= 15 is 0 Å². The minimum atomic E-state index is -0.341. The SMILES string of the molecule is Cn1cc(CN(CC(=O)NC2CCCC2)[C@H]2CCNC2)c(=O)n(C)c1=O. The van der Waals surface area contributed by atoms with E-state index in [1.807, 2.05) is 0 Å². The quantitative estimate of drug-likeness (QED) is 0.698. The number of hydrogen-bond donors (Lipinski definition) is 2. The Morgan fingerprint density at radius 3 is 2.65 bits per heavy atom. The normalized spacial score (nSPS) is 20.8. The van der Waals surface area contributed by atoms with E-state index in [-0.39, 0.29) is 35.8 Å². The van der Waals surface area contributed by atoms with E-state index in [9.17, 15) is 14.4 Å². The second-order valence-electron chi connectivity index (χ2n) is 7.51. The van der Waals surface area contributed by atoms with Crippen LogP contribution >= 0.6 is 0 Å². The highest BCUT2D eigenvalue weighted by Gasteiger charge is 2.27. The Hall–Kier alpha value is -1.93.